The van der Waals surface area contributed by atoms with Crippen molar-refractivity contribution in [3.05, 3.63) is 71.0 Å². The third-order valence-electron chi connectivity index (χ3n) is 8.45. The number of nitrogens with zero attached hydrogens (tertiary/aromatic N) is 2. The molecule has 1 N–H and O–H groups in total. The summed E-state index contributed by atoms with van der Waals surface area (Å²) in [5.41, 5.74) is 1.68. The fraction of sp³-hybridized carbons (Fsp3) is 0.567. The van der Waals surface area contributed by atoms with Crippen molar-refractivity contribution in [2.24, 2.45) is 4.40 Å². The second kappa shape index (κ2) is 11.1. The molecule has 2 fully saturated rings. The zero-order chi connectivity index (χ0) is 26.9. The van der Waals surface area contributed by atoms with Gasteiger partial charge in [-0.15, -0.1) is 4.40 Å². The van der Waals surface area contributed by atoms with E-state index >= 15 is 0 Å². The smallest absolute Gasteiger partial charge is 0.263 e. The number of halogens is 1. The Hall–Kier alpha value is -2.29. The molecule has 0 amide bonds. The van der Waals surface area contributed by atoms with Gasteiger partial charge in [0.2, 0.25) is 5.90 Å². The molecule has 6 nitrogen and oxygen atoms in total. The van der Waals surface area contributed by atoms with E-state index in [0.29, 0.717) is 17.9 Å². The molecule has 38 heavy (non-hydrogen) atoms. The molecule has 1 unspecified atom stereocenters. The molecule has 2 aromatic carbocycles. The summed E-state index contributed by atoms with van der Waals surface area (Å²) in [7, 11) is -3.87. The maximum atomic E-state index is 14.4. The molecule has 2 atom stereocenters. The lowest BCUT2D eigenvalue weighted by atomic mass is 9.88. The van der Waals surface area contributed by atoms with E-state index in [2.05, 4.69) is 21.4 Å². The molecule has 206 valence electrons. The van der Waals surface area contributed by atoms with Crippen molar-refractivity contribution in [2.75, 3.05) is 19.7 Å². The van der Waals surface area contributed by atoms with Crippen LogP contribution in [0.2, 0.25) is 0 Å². The van der Waals surface area contributed by atoms with Crippen LogP contribution in [-0.2, 0) is 21.2 Å². The average molecular weight is 543 g/mol. The van der Waals surface area contributed by atoms with Crippen LogP contribution in [0.25, 0.3) is 0 Å². The van der Waals surface area contributed by atoms with Crippen molar-refractivity contribution in [3.8, 4) is 0 Å². The number of hydrogen-bond donors (Lipinski definition) is 1. The van der Waals surface area contributed by atoms with Gasteiger partial charge in [-0.3, -0.25) is 0 Å². The Morgan fingerprint density at radius 2 is 1.76 bits per heavy atom. The standard InChI is InChI=1S/C30H39FN2O4S/c1-30(2)28(19-21-7-9-22(10-8-21)23-13-16-33(17-14-23)25-11-12-25)38(35,36)32-29(37-30)20-24(15-18-34)26-5-3-4-6-27(26)31/h3-10,23-25,28,34H,11-20H2,1-2H3/t24-,28?/m1/s1. The van der Waals surface area contributed by atoms with Crippen LogP contribution in [0.1, 0.15) is 80.9 Å². The quantitative estimate of drug-likeness (QED) is 0.473. The molecule has 1 saturated carbocycles. The summed E-state index contributed by atoms with van der Waals surface area (Å²) < 4.78 is 51.4. The summed E-state index contributed by atoms with van der Waals surface area (Å²) in [6.45, 7) is 5.73. The maximum Gasteiger partial charge on any atom is 0.263 e. The van der Waals surface area contributed by atoms with Crippen LogP contribution in [0, 0.1) is 5.82 Å². The monoisotopic (exact) mass is 542 g/mol. The van der Waals surface area contributed by atoms with Gasteiger partial charge in [-0.25, -0.2) is 12.8 Å². The van der Waals surface area contributed by atoms with Crippen LogP contribution in [0.3, 0.4) is 0 Å². The van der Waals surface area contributed by atoms with Gasteiger partial charge in [0.1, 0.15) is 16.7 Å². The third-order valence-corrected chi connectivity index (χ3v) is 10.4. The minimum absolute atomic E-state index is 0.0702. The lowest BCUT2D eigenvalue weighted by Crippen LogP contribution is -2.50. The first-order chi connectivity index (χ1) is 18.2. The zero-order valence-corrected chi connectivity index (χ0v) is 23.2. The summed E-state index contributed by atoms with van der Waals surface area (Å²) in [6.07, 6.45) is 5.74. The second-order valence-corrected chi connectivity index (χ2v) is 13.4. The Balaban J connectivity index is 1.27. The summed E-state index contributed by atoms with van der Waals surface area (Å²) in [5, 5.41) is 8.71. The Labute approximate surface area is 226 Å². The molecular formula is C30H39FN2O4S. The largest absolute Gasteiger partial charge is 0.473 e. The fourth-order valence-electron chi connectivity index (χ4n) is 6.10. The van der Waals surface area contributed by atoms with Gasteiger partial charge >= 0.3 is 0 Å². The van der Waals surface area contributed by atoms with Crippen molar-refractivity contribution in [1.29, 1.82) is 0 Å². The van der Waals surface area contributed by atoms with E-state index < -0.39 is 26.8 Å². The normalized spacial score (nSPS) is 24.4. The molecule has 2 aromatic rings. The van der Waals surface area contributed by atoms with Crippen LogP contribution >= 0.6 is 0 Å². The summed E-state index contributed by atoms with van der Waals surface area (Å²) in [5.74, 6) is -0.197. The van der Waals surface area contributed by atoms with Gasteiger partial charge in [-0.2, -0.15) is 0 Å². The van der Waals surface area contributed by atoms with Crippen LogP contribution < -0.4 is 0 Å². The highest BCUT2D eigenvalue weighted by Crippen LogP contribution is 2.37. The van der Waals surface area contributed by atoms with Crippen molar-refractivity contribution >= 4 is 15.9 Å². The Morgan fingerprint density at radius 1 is 1.08 bits per heavy atom. The van der Waals surface area contributed by atoms with E-state index in [-0.39, 0.29) is 31.2 Å². The molecule has 2 aliphatic heterocycles. The minimum Gasteiger partial charge on any atom is -0.473 e. The number of hydrogen-bond acceptors (Lipinski definition) is 5. The first kappa shape index (κ1) is 27.3. The van der Waals surface area contributed by atoms with Gasteiger partial charge in [-0.1, -0.05) is 42.5 Å². The van der Waals surface area contributed by atoms with E-state index in [9.17, 15) is 17.9 Å². The van der Waals surface area contributed by atoms with Gasteiger partial charge in [0.15, 0.2) is 0 Å². The SMILES string of the molecule is CC1(C)OC(C[C@@H](CCO)c2ccccc2F)=NS(=O)(=O)C1Cc1ccc(C2CCN(C3CC3)CC2)cc1. The molecular weight excluding hydrogens is 503 g/mol. The molecule has 0 spiro atoms. The molecule has 0 aromatic heterocycles. The highest BCUT2D eigenvalue weighted by molar-refractivity contribution is 7.91. The number of likely N-dealkylation sites (tertiary alicyclic amines) is 1. The van der Waals surface area contributed by atoms with E-state index in [1.54, 1.807) is 32.0 Å². The van der Waals surface area contributed by atoms with Crippen LogP contribution in [0.5, 0.6) is 0 Å². The lowest BCUT2D eigenvalue weighted by Gasteiger charge is -2.38. The van der Waals surface area contributed by atoms with Crippen molar-refractivity contribution < 1.29 is 22.7 Å². The summed E-state index contributed by atoms with van der Waals surface area (Å²) >= 11 is 0. The van der Waals surface area contributed by atoms with E-state index in [1.807, 2.05) is 12.1 Å². The summed E-state index contributed by atoms with van der Waals surface area (Å²) in [6, 6.07) is 15.6. The molecule has 8 heteroatoms. The van der Waals surface area contributed by atoms with E-state index in [4.69, 9.17) is 4.74 Å². The molecule has 2 heterocycles. The highest BCUT2D eigenvalue weighted by Gasteiger charge is 2.46. The maximum absolute atomic E-state index is 14.4. The Morgan fingerprint density at radius 3 is 2.37 bits per heavy atom. The number of benzene rings is 2. The van der Waals surface area contributed by atoms with Crippen molar-refractivity contribution in [3.63, 3.8) is 0 Å². The highest BCUT2D eigenvalue weighted by atomic mass is 32.2. The predicted octanol–water partition coefficient (Wildman–Crippen LogP) is 5.17. The number of sulfonamides is 1. The number of aliphatic hydroxyl groups excluding tert-OH is 1. The Kier molecular flexibility index (Phi) is 7.94. The van der Waals surface area contributed by atoms with Gasteiger partial charge in [-0.05, 0) is 100 Å². The molecule has 0 bridgehead atoms. The molecule has 1 aliphatic carbocycles. The number of rotatable bonds is 9. The molecule has 0 radical (unpaired) electrons. The van der Waals surface area contributed by atoms with Gasteiger partial charge in [0, 0.05) is 19.1 Å². The second-order valence-electron chi connectivity index (χ2n) is 11.6. The lowest BCUT2D eigenvalue weighted by molar-refractivity contribution is 0.0797. The Bertz CT molecular complexity index is 1250. The number of piperidine rings is 1. The van der Waals surface area contributed by atoms with Crippen LogP contribution in [-0.4, -0.2) is 60.9 Å². The van der Waals surface area contributed by atoms with Crippen LogP contribution in [0.15, 0.2) is 52.9 Å². The van der Waals surface area contributed by atoms with Crippen molar-refractivity contribution in [2.45, 2.75) is 87.5 Å². The van der Waals surface area contributed by atoms with Gasteiger partial charge < -0.3 is 14.7 Å². The van der Waals surface area contributed by atoms with E-state index in [1.165, 1.54) is 50.4 Å². The first-order valence-corrected chi connectivity index (χ1v) is 15.4. The first-order valence-electron chi connectivity index (χ1n) is 13.9. The average Bonchev–Trinajstić information content (AvgIpc) is 3.72. The number of ether oxygens (including phenoxy) is 1. The summed E-state index contributed by atoms with van der Waals surface area (Å²) in [4.78, 5) is 2.62. The van der Waals surface area contributed by atoms with Crippen molar-refractivity contribution in [1.82, 2.24) is 4.90 Å². The van der Waals surface area contributed by atoms with Gasteiger partial charge in [0.05, 0.1) is 0 Å². The minimum atomic E-state index is -3.87. The third kappa shape index (κ3) is 6.13. The van der Waals surface area contributed by atoms with Crippen LogP contribution in [0.4, 0.5) is 4.39 Å². The predicted molar refractivity (Wildman–Crippen MR) is 147 cm³/mol. The van der Waals surface area contributed by atoms with E-state index in [0.717, 1.165) is 11.6 Å². The zero-order valence-electron chi connectivity index (χ0n) is 22.4. The van der Waals surface area contributed by atoms with Gasteiger partial charge in [0.25, 0.3) is 10.0 Å². The topological polar surface area (TPSA) is 79.2 Å². The number of aliphatic hydroxyl groups is 1. The molecule has 1 saturated heterocycles. The molecule has 5 rings (SSSR count). The molecule has 3 aliphatic rings. The fourth-order valence-corrected chi connectivity index (χ4v) is 7.79.